The van der Waals surface area contributed by atoms with Crippen LogP contribution in [-0.2, 0) is 0 Å². The number of rotatable bonds is 4. The van der Waals surface area contributed by atoms with E-state index in [1.54, 1.807) is 35.6 Å². The fourth-order valence-corrected chi connectivity index (χ4v) is 3.94. The maximum Gasteiger partial charge on any atom is 0.260 e. The number of carbonyl (C=O) groups is 1. The van der Waals surface area contributed by atoms with E-state index in [2.05, 4.69) is 27.8 Å². The summed E-state index contributed by atoms with van der Waals surface area (Å²) in [5.41, 5.74) is 8.52. The molecule has 0 spiro atoms. The number of nitrogen functional groups attached to an aromatic ring is 1. The van der Waals surface area contributed by atoms with Crippen molar-refractivity contribution in [1.29, 1.82) is 0 Å². The van der Waals surface area contributed by atoms with Gasteiger partial charge in [-0.25, -0.2) is 4.98 Å². The van der Waals surface area contributed by atoms with Gasteiger partial charge in [-0.1, -0.05) is 30.3 Å². The molecule has 0 aliphatic carbocycles. The van der Waals surface area contributed by atoms with E-state index in [0.29, 0.717) is 22.9 Å². The number of carbonyl (C=O) groups excluding carboxylic acids is 1. The zero-order valence-electron chi connectivity index (χ0n) is 14.6. The Hall–Kier alpha value is -3.38. The number of fused-ring (bicyclic) bond motifs is 1. The molecule has 0 saturated heterocycles. The van der Waals surface area contributed by atoms with E-state index < -0.39 is 0 Å². The summed E-state index contributed by atoms with van der Waals surface area (Å²) in [4.78, 5) is 16.9. The summed E-state index contributed by atoms with van der Waals surface area (Å²) in [6.07, 6.45) is 0. The SMILES string of the molecule is COc1ccccc1C(=O)Nc1ccc(-c2csc3ccccc23)c(N)n1. The second-order valence-electron chi connectivity index (χ2n) is 5.93. The molecule has 134 valence electrons. The van der Waals surface area contributed by atoms with E-state index in [1.807, 2.05) is 24.3 Å². The van der Waals surface area contributed by atoms with Crippen LogP contribution in [-0.4, -0.2) is 18.0 Å². The molecular weight excluding hydrogens is 358 g/mol. The minimum Gasteiger partial charge on any atom is -0.496 e. The number of benzene rings is 2. The molecule has 0 saturated carbocycles. The molecular formula is C21H17N3O2S. The fraction of sp³-hybridized carbons (Fsp3) is 0.0476. The number of nitrogens with one attached hydrogen (secondary N) is 1. The maximum atomic E-state index is 12.5. The van der Waals surface area contributed by atoms with Crippen LogP contribution in [0.5, 0.6) is 5.75 Å². The van der Waals surface area contributed by atoms with Gasteiger partial charge in [-0.15, -0.1) is 11.3 Å². The number of thiophene rings is 1. The first-order valence-electron chi connectivity index (χ1n) is 8.35. The van der Waals surface area contributed by atoms with Gasteiger partial charge in [0.05, 0.1) is 12.7 Å². The molecule has 0 bridgehead atoms. The van der Waals surface area contributed by atoms with E-state index in [0.717, 1.165) is 16.5 Å². The molecule has 4 rings (SSSR count). The number of anilines is 2. The third kappa shape index (κ3) is 3.22. The zero-order chi connectivity index (χ0) is 18.8. The van der Waals surface area contributed by atoms with Crippen molar-refractivity contribution < 1.29 is 9.53 Å². The summed E-state index contributed by atoms with van der Waals surface area (Å²) in [6, 6.07) is 18.8. The summed E-state index contributed by atoms with van der Waals surface area (Å²) in [7, 11) is 1.53. The van der Waals surface area contributed by atoms with Crippen LogP contribution in [0.4, 0.5) is 11.6 Å². The number of para-hydroxylation sites is 1. The van der Waals surface area contributed by atoms with Crippen molar-refractivity contribution in [3.8, 4) is 16.9 Å². The summed E-state index contributed by atoms with van der Waals surface area (Å²) in [6.45, 7) is 0. The summed E-state index contributed by atoms with van der Waals surface area (Å²) in [5, 5.41) is 5.99. The average Bonchev–Trinajstić information content (AvgIpc) is 3.12. The lowest BCUT2D eigenvalue weighted by Gasteiger charge is -2.10. The van der Waals surface area contributed by atoms with E-state index in [1.165, 1.54) is 11.8 Å². The lowest BCUT2D eigenvalue weighted by molar-refractivity contribution is 0.102. The number of methoxy groups -OCH3 is 1. The van der Waals surface area contributed by atoms with Crippen LogP contribution in [0, 0.1) is 0 Å². The Morgan fingerprint density at radius 3 is 2.63 bits per heavy atom. The molecule has 0 atom stereocenters. The van der Waals surface area contributed by atoms with Crippen molar-refractivity contribution in [2.75, 3.05) is 18.2 Å². The molecule has 4 aromatic rings. The van der Waals surface area contributed by atoms with Crippen molar-refractivity contribution >= 4 is 39.0 Å². The largest absolute Gasteiger partial charge is 0.496 e. The molecule has 6 heteroatoms. The highest BCUT2D eigenvalue weighted by Gasteiger charge is 2.14. The van der Waals surface area contributed by atoms with Gasteiger partial charge in [-0.05, 0) is 35.7 Å². The van der Waals surface area contributed by atoms with Gasteiger partial charge in [-0.2, -0.15) is 0 Å². The molecule has 0 aliphatic rings. The van der Waals surface area contributed by atoms with E-state index >= 15 is 0 Å². The second-order valence-corrected chi connectivity index (χ2v) is 6.84. The van der Waals surface area contributed by atoms with E-state index in [4.69, 9.17) is 10.5 Å². The highest BCUT2D eigenvalue weighted by atomic mass is 32.1. The van der Waals surface area contributed by atoms with Gasteiger partial charge in [0.25, 0.3) is 5.91 Å². The topological polar surface area (TPSA) is 77.2 Å². The van der Waals surface area contributed by atoms with Crippen LogP contribution < -0.4 is 15.8 Å². The predicted molar refractivity (Wildman–Crippen MR) is 110 cm³/mol. The van der Waals surface area contributed by atoms with E-state index in [-0.39, 0.29) is 5.91 Å². The number of nitrogens with two attached hydrogens (primary N) is 1. The molecule has 3 N–H and O–H groups in total. The molecule has 0 aliphatic heterocycles. The minimum atomic E-state index is -0.298. The van der Waals surface area contributed by atoms with Crippen LogP contribution in [0.1, 0.15) is 10.4 Å². The van der Waals surface area contributed by atoms with Crippen molar-refractivity contribution in [1.82, 2.24) is 4.98 Å². The van der Waals surface area contributed by atoms with Crippen LogP contribution in [0.25, 0.3) is 21.2 Å². The number of pyridine rings is 1. The number of hydrogen-bond donors (Lipinski definition) is 2. The Kier molecular flexibility index (Phi) is 4.48. The predicted octanol–water partition coefficient (Wildman–Crippen LogP) is 4.81. The molecule has 2 aromatic heterocycles. The quantitative estimate of drug-likeness (QED) is 0.537. The van der Waals surface area contributed by atoms with Crippen molar-refractivity contribution in [2.24, 2.45) is 0 Å². The number of aromatic nitrogens is 1. The zero-order valence-corrected chi connectivity index (χ0v) is 15.4. The Morgan fingerprint density at radius 2 is 1.81 bits per heavy atom. The first kappa shape index (κ1) is 17.1. The summed E-state index contributed by atoms with van der Waals surface area (Å²) >= 11 is 1.67. The maximum absolute atomic E-state index is 12.5. The lowest BCUT2D eigenvalue weighted by Crippen LogP contribution is -2.14. The first-order valence-corrected chi connectivity index (χ1v) is 9.23. The molecule has 5 nitrogen and oxygen atoms in total. The van der Waals surface area contributed by atoms with E-state index in [9.17, 15) is 4.79 Å². The molecule has 0 fully saturated rings. The highest BCUT2D eigenvalue weighted by molar-refractivity contribution is 7.17. The monoisotopic (exact) mass is 375 g/mol. The summed E-state index contributed by atoms with van der Waals surface area (Å²) < 4.78 is 6.43. The van der Waals surface area contributed by atoms with Crippen LogP contribution in [0.3, 0.4) is 0 Å². The third-order valence-corrected chi connectivity index (χ3v) is 5.25. The molecule has 2 aromatic carbocycles. The van der Waals surface area contributed by atoms with Gasteiger partial charge in [0.2, 0.25) is 0 Å². The molecule has 0 radical (unpaired) electrons. The van der Waals surface area contributed by atoms with Gasteiger partial charge in [-0.3, -0.25) is 4.79 Å². The molecule has 2 heterocycles. The highest BCUT2D eigenvalue weighted by Crippen LogP contribution is 2.36. The molecule has 27 heavy (non-hydrogen) atoms. The fourth-order valence-electron chi connectivity index (χ4n) is 2.97. The van der Waals surface area contributed by atoms with Gasteiger partial charge >= 0.3 is 0 Å². The van der Waals surface area contributed by atoms with Gasteiger partial charge in [0, 0.05) is 21.2 Å². The van der Waals surface area contributed by atoms with Gasteiger partial charge in [0.1, 0.15) is 17.4 Å². The Bertz CT molecular complexity index is 1140. The number of nitrogens with zero attached hydrogens (tertiary/aromatic N) is 1. The van der Waals surface area contributed by atoms with Crippen molar-refractivity contribution in [3.05, 3.63) is 71.6 Å². The average molecular weight is 375 g/mol. The first-order chi connectivity index (χ1) is 13.2. The smallest absolute Gasteiger partial charge is 0.260 e. The van der Waals surface area contributed by atoms with Crippen molar-refractivity contribution in [3.63, 3.8) is 0 Å². The normalized spacial score (nSPS) is 10.7. The third-order valence-electron chi connectivity index (χ3n) is 4.29. The number of hydrogen-bond acceptors (Lipinski definition) is 5. The van der Waals surface area contributed by atoms with Crippen molar-refractivity contribution in [2.45, 2.75) is 0 Å². The number of ether oxygens (including phenoxy) is 1. The summed E-state index contributed by atoms with van der Waals surface area (Å²) in [5.74, 6) is 0.973. The molecule has 1 amide bonds. The van der Waals surface area contributed by atoms with Crippen LogP contribution >= 0.6 is 11.3 Å². The Labute approximate surface area is 160 Å². The number of amides is 1. The Morgan fingerprint density at radius 1 is 1.04 bits per heavy atom. The van der Waals surface area contributed by atoms with Crippen LogP contribution in [0.2, 0.25) is 0 Å². The van der Waals surface area contributed by atoms with Gasteiger partial charge in [0.15, 0.2) is 0 Å². The standard InChI is InChI=1S/C21H17N3O2S/c1-26-17-8-4-2-7-15(17)21(25)24-19-11-10-14(20(22)23-19)16-12-27-18-9-5-3-6-13(16)18/h2-12H,1H3,(H3,22,23,24,25). The second kappa shape index (κ2) is 7.09. The lowest BCUT2D eigenvalue weighted by atomic mass is 10.1. The Balaban J connectivity index is 1.63. The molecule has 0 unspecified atom stereocenters. The van der Waals surface area contributed by atoms with Gasteiger partial charge < -0.3 is 15.8 Å². The minimum absolute atomic E-state index is 0.298. The van der Waals surface area contributed by atoms with Crippen LogP contribution in [0.15, 0.2) is 66.0 Å².